The van der Waals surface area contributed by atoms with E-state index in [9.17, 15) is 8.42 Å². The molecule has 7 heteroatoms. The quantitative estimate of drug-likeness (QED) is 0.811. The number of ether oxygens (including phenoxy) is 2. The first-order valence-corrected chi connectivity index (χ1v) is 10.0. The largest absolute Gasteiger partial charge is 0.490 e. The number of nitrogens with zero attached hydrogens (tertiary/aromatic N) is 1. The monoisotopic (exact) mass is 356 g/mol. The molecule has 1 aliphatic rings. The molecule has 1 aliphatic heterocycles. The molecule has 0 bridgehead atoms. The highest BCUT2D eigenvalue weighted by Gasteiger charge is 2.35. The molecule has 0 amide bonds. The van der Waals surface area contributed by atoms with E-state index < -0.39 is 10.0 Å². The molecule has 2 N–H and O–H groups in total. The maximum Gasteiger partial charge on any atom is 0.243 e. The van der Waals surface area contributed by atoms with Gasteiger partial charge in [0.25, 0.3) is 0 Å². The Kier molecular flexibility index (Phi) is 6.48. The molecule has 0 radical (unpaired) electrons. The molecule has 1 fully saturated rings. The SMILES string of the molecule is CCOc1ccc(S(=O)(=O)N2CCCCC2C(C)N)cc1OCC. The van der Waals surface area contributed by atoms with E-state index in [1.54, 1.807) is 22.5 Å². The van der Waals surface area contributed by atoms with Gasteiger partial charge in [-0.25, -0.2) is 8.42 Å². The summed E-state index contributed by atoms with van der Waals surface area (Å²) in [7, 11) is -3.61. The minimum Gasteiger partial charge on any atom is -0.490 e. The third-order valence-electron chi connectivity index (χ3n) is 4.23. The van der Waals surface area contributed by atoms with Crippen molar-refractivity contribution in [3.05, 3.63) is 18.2 Å². The van der Waals surface area contributed by atoms with E-state index in [0.717, 1.165) is 19.3 Å². The van der Waals surface area contributed by atoms with Gasteiger partial charge in [-0.15, -0.1) is 0 Å². The first-order valence-electron chi connectivity index (χ1n) is 8.58. The Morgan fingerprint density at radius 1 is 1.21 bits per heavy atom. The fourth-order valence-electron chi connectivity index (χ4n) is 3.08. The molecule has 1 heterocycles. The summed E-state index contributed by atoms with van der Waals surface area (Å²) in [6, 6.07) is 4.43. The van der Waals surface area contributed by atoms with Crippen LogP contribution in [-0.4, -0.2) is 44.6 Å². The van der Waals surface area contributed by atoms with E-state index in [4.69, 9.17) is 15.2 Å². The number of piperidine rings is 1. The summed E-state index contributed by atoms with van der Waals surface area (Å²) in [4.78, 5) is 0.224. The Morgan fingerprint density at radius 2 is 1.88 bits per heavy atom. The molecular formula is C17H28N2O4S. The molecule has 0 spiro atoms. The van der Waals surface area contributed by atoms with Crippen molar-refractivity contribution in [2.75, 3.05) is 19.8 Å². The zero-order valence-electron chi connectivity index (χ0n) is 14.7. The van der Waals surface area contributed by atoms with Crippen molar-refractivity contribution in [2.45, 2.75) is 57.0 Å². The van der Waals surface area contributed by atoms with Crippen LogP contribution in [0.1, 0.15) is 40.0 Å². The Morgan fingerprint density at radius 3 is 2.50 bits per heavy atom. The molecule has 136 valence electrons. The number of sulfonamides is 1. The zero-order chi connectivity index (χ0) is 17.7. The molecule has 0 aliphatic carbocycles. The van der Waals surface area contributed by atoms with Crippen LogP contribution < -0.4 is 15.2 Å². The molecule has 1 saturated heterocycles. The lowest BCUT2D eigenvalue weighted by molar-refractivity contribution is 0.227. The second-order valence-electron chi connectivity index (χ2n) is 6.01. The molecular weight excluding hydrogens is 328 g/mol. The van der Waals surface area contributed by atoms with Gasteiger partial charge in [0.15, 0.2) is 11.5 Å². The topological polar surface area (TPSA) is 81.9 Å². The van der Waals surface area contributed by atoms with Crippen LogP contribution in [0.3, 0.4) is 0 Å². The lowest BCUT2D eigenvalue weighted by Gasteiger charge is -2.36. The van der Waals surface area contributed by atoms with E-state index in [2.05, 4.69) is 0 Å². The summed E-state index contributed by atoms with van der Waals surface area (Å²) in [6.07, 6.45) is 2.66. The van der Waals surface area contributed by atoms with Crippen LogP contribution in [0.15, 0.2) is 23.1 Å². The summed E-state index contributed by atoms with van der Waals surface area (Å²) < 4.78 is 38.8. The van der Waals surface area contributed by atoms with Crippen molar-refractivity contribution in [2.24, 2.45) is 5.73 Å². The van der Waals surface area contributed by atoms with E-state index >= 15 is 0 Å². The third kappa shape index (κ3) is 4.02. The predicted octanol–water partition coefficient (Wildman–Crippen LogP) is 2.37. The van der Waals surface area contributed by atoms with Crippen LogP contribution >= 0.6 is 0 Å². The maximum absolute atomic E-state index is 13.1. The fraction of sp³-hybridized carbons (Fsp3) is 0.647. The number of nitrogens with two attached hydrogens (primary N) is 1. The maximum atomic E-state index is 13.1. The van der Waals surface area contributed by atoms with Gasteiger partial charge in [0.1, 0.15) is 0 Å². The van der Waals surface area contributed by atoms with Crippen molar-refractivity contribution in [1.82, 2.24) is 4.31 Å². The highest BCUT2D eigenvalue weighted by molar-refractivity contribution is 7.89. The summed E-state index contributed by atoms with van der Waals surface area (Å²) in [5.74, 6) is 1.01. The van der Waals surface area contributed by atoms with Crippen molar-refractivity contribution < 1.29 is 17.9 Å². The zero-order valence-corrected chi connectivity index (χ0v) is 15.5. The van der Waals surface area contributed by atoms with Gasteiger partial charge in [-0.1, -0.05) is 6.42 Å². The molecule has 2 unspecified atom stereocenters. The molecule has 0 saturated carbocycles. The highest BCUT2D eigenvalue weighted by atomic mass is 32.2. The molecule has 1 aromatic rings. The number of benzene rings is 1. The van der Waals surface area contributed by atoms with Crippen molar-refractivity contribution in [3.8, 4) is 11.5 Å². The lowest BCUT2D eigenvalue weighted by Crippen LogP contribution is -2.51. The summed E-state index contributed by atoms with van der Waals surface area (Å²) >= 11 is 0. The summed E-state index contributed by atoms with van der Waals surface area (Å²) in [5, 5.41) is 0. The molecule has 24 heavy (non-hydrogen) atoms. The van der Waals surface area contributed by atoms with E-state index in [1.807, 2.05) is 20.8 Å². The molecule has 6 nitrogen and oxygen atoms in total. The first kappa shape index (κ1) is 19.0. The highest BCUT2D eigenvalue weighted by Crippen LogP contribution is 2.33. The van der Waals surface area contributed by atoms with Crippen LogP contribution in [0.4, 0.5) is 0 Å². The number of hydrogen-bond donors (Lipinski definition) is 1. The molecule has 2 atom stereocenters. The summed E-state index contributed by atoms with van der Waals surface area (Å²) in [5.41, 5.74) is 6.02. The molecule has 1 aromatic carbocycles. The number of rotatable bonds is 7. The van der Waals surface area contributed by atoms with Crippen LogP contribution in [0, 0.1) is 0 Å². The van der Waals surface area contributed by atoms with Gasteiger partial charge in [-0.3, -0.25) is 0 Å². The van der Waals surface area contributed by atoms with Gasteiger partial charge < -0.3 is 15.2 Å². The van der Waals surface area contributed by atoms with Crippen molar-refractivity contribution in [3.63, 3.8) is 0 Å². The first-order chi connectivity index (χ1) is 11.4. The number of hydrogen-bond acceptors (Lipinski definition) is 5. The van der Waals surface area contributed by atoms with Crippen molar-refractivity contribution in [1.29, 1.82) is 0 Å². The minimum atomic E-state index is -3.61. The van der Waals surface area contributed by atoms with Gasteiger partial charge in [-0.05, 0) is 45.7 Å². The molecule has 0 aromatic heterocycles. The van der Waals surface area contributed by atoms with Crippen LogP contribution in [-0.2, 0) is 10.0 Å². The van der Waals surface area contributed by atoms with Gasteiger partial charge in [0.05, 0.1) is 18.1 Å². The van der Waals surface area contributed by atoms with Crippen LogP contribution in [0.25, 0.3) is 0 Å². The summed E-state index contributed by atoms with van der Waals surface area (Å²) in [6.45, 7) is 7.03. The van der Waals surface area contributed by atoms with Crippen LogP contribution in [0.2, 0.25) is 0 Å². The van der Waals surface area contributed by atoms with Gasteiger partial charge >= 0.3 is 0 Å². The van der Waals surface area contributed by atoms with Gasteiger partial charge in [0.2, 0.25) is 10.0 Å². The Bertz CT molecular complexity index is 646. The van der Waals surface area contributed by atoms with Crippen molar-refractivity contribution >= 4 is 10.0 Å². The minimum absolute atomic E-state index is 0.161. The lowest BCUT2D eigenvalue weighted by atomic mass is 10.00. The molecule has 2 rings (SSSR count). The van der Waals surface area contributed by atoms with E-state index in [1.165, 1.54) is 0 Å². The predicted molar refractivity (Wildman–Crippen MR) is 94.0 cm³/mol. The standard InChI is InChI=1S/C17H28N2O4S/c1-4-22-16-10-9-14(12-17(16)23-5-2)24(20,21)19-11-7-6-8-15(19)13(3)18/h9-10,12-13,15H,4-8,11,18H2,1-3H3. The Labute approximate surface area is 145 Å². The van der Waals surface area contributed by atoms with E-state index in [0.29, 0.717) is 31.3 Å². The third-order valence-corrected chi connectivity index (χ3v) is 6.15. The van der Waals surface area contributed by atoms with E-state index in [-0.39, 0.29) is 17.0 Å². The Balaban J connectivity index is 2.39. The average molecular weight is 356 g/mol. The second-order valence-corrected chi connectivity index (χ2v) is 7.90. The normalized spacial score (nSPS) is 20.6. The van der Waals surface area contributed by atoms with Crippen LogP contribution in [0.5, 0.6) is 11.5 Å². The van der Waals surface area contributed by atoms with Gasteiger partial charge in [-0.2, -0.15) is 4.31 Å². The average Bonchev–Trinajstić information content (AvgIpc) is 2.56. The smallest absolute Gasteiger partial charge is 0.243 e. The fourth-order valence-corrected chi connectivity index (χ4v) is 4.87. The van der Waals surface area contributed by atoms with Gasteiger partial charge in [0, 0.05) is 24.7 Å². The second kappa shape index (κ2) is 8.18. The Hall–Kier alpha value is -1.31.